The summed E-state index contributed by atoms with van der Waals surface area (Å²) >= 11 is 0. The van der Waals surface area contributed by atoms with Crippen LogP contribution >= 0.6 is 0 Å². The van der Waals surface area contributed by atoms with Crippen LogP contribution in [0, 0.1) is 5.82 Å². The summed E-state index contributed by atoms with van der Waals surface area (Å²) in [6.07, 6.45) is 3.00. The Morgan fingerprint density at radius 3 is 2.38 bits per heavy atom. The average Bonchev–Trinajstić information content (AvgIpc) is 3.27. The van der Waals surface area contributed by atoms with E-state index >= 15 is 0 Å². The van der Waals surface area contributed by atoms with Crippen LogP contribution in [0.2, 0.25) is 0 Å². The summed E-state index contributed by atoms with van der Waals surface area (Å²) < 4.78 is 20.5. The zero-order valence-electron chi connectivity index (χ0n) is 18.0. The highest BCUT2D eigenvalue weighted by atomic mass is 19.1. The molecule has 0 spiro atoms. The second-order valence-corrected chi connectivity index (χ2v) is 7.97. The molecular formula is C24H25FN4O3. The first-order chi connectivity index (χ1) is 15.4. The van der Waals surface area contributed by atoms with Gasteiger partial charge in [0.25, 0.3) is 11.8 Å². The second kappa shape index (κ2) is 9.32. The molecule has 1 aliphatic rings. The molecular weight excluding hydrogens is 411 g/mol. The Morgan fingerprint density at radius 1 is 1.06 bits per heavy atom. The summed E-state index contributed by atoms with van der Waals surface area (Å²) in [5, 5.41) is 2.86. The molecule has 0 bridgehead atoms. The van der Waals surface area contributed by atoms with Crippen LogP contribution in [0.4, 0.5) is 4.39 Å². The predicted molar refractivity (Wildman–Crippen MR) is 117 cm³/mol. The average molecular weight is 436 g/mol. The molecule has 8 heteroatoms. The summed E-state index contributed by atoms with van der Waals surface area (Å²) in [5.41, 5.74) is 2.46. The van der Waals surface area contributed by atoms with Crippen LogP contribution in [-0.4, -0.2) is 51.6 Å². The molecule has 0 saturated carbocycles. The number of halogens is 1. The van der Waals surface area contributed by atoms with Gasteiger partial charge in [-0.3, -0.25) is 14.2 Å². The monoisotopic (exact) mass is 436 g/mol. The summed E-state index contributed by atoms with van der Waals surface area (Å²) in [5.74, 6) is -0.673. The highest BCUT2D eigenvalue weighted by Gasteiger charge is 2.26. The van der Waals surface area contributed by atoms with E-state index in [0.29, 0.717) is 36.6 Å². The molecule has 1 fully saturated rings. The van der Waals surface area contributed by atoms with Crippen molar-refractivity contribution in [3.05, 3.63) is 83.7 Å². The first kappa shape index (κ1) is 21.7. The molecule has 2 amide bonds. The number of morpholine rings is 1. The molecule has 1 aliphatic heterocycles. The smallest absolute Gasteiger partial charge is 0.270 e. The zero-order chi connectivity index (χ0) is 22.7. The number of hydrogen-bond donors (Lipinski definition) is 1. The maximum Gasteiger partial charge on any atom is 0.270 e. The maximum absolute atomic E-state index is 13.2. The van der Waals surface area contributed by atoms with Crippen LogP contribution in [0.3, 0.4) is 0 Å². The van der Waals surface area contributed by atoms with Crippen molar-refractivity contribution in [2.45, 2.75) is 32.6 Å². The van der Waals surface area contributed by atoms with Crippen molar-refractivity contribution < 1.29 is 18.7 Å². The normalized spacial score (nSPS) is 18.4. The van der Waals surface area contributed by atoms with Gasteiger partial charge >= 0.3 is 0 Å². The van der Waals surface area contributed by atoms with E-state index in [2.05, 4.69) is 10.3 Å². The Bertz CT molecular complexity index is 1090. The third kappa shape index (κ3) is 4.86. The summed E-state index contributed by atoms with van der Waals surface area (Å²) in [7, 11) is 0. The van der Waals surface area contributed by atoms with Crippen molar-refractivity contribution in [2.75, 3.05) is 13.1 Å². The predicted octanol–water partition coefficient (Wildman–Crippen LogP) is 3.19. The molecule has 2 unspecified atom stereocenters. The Labute approximate surface area is 185 Å². The third-order valence-corrected chi connectivity index (χ3v) is 5.34. The number of aromatic nitrogens is 2. The number of carbonyl (C=O) groups is 2. The van der Waals surface area contributed by atoms with Crippen molar-refractivity contribution >= 4 is 11.8 Å². The molecule has 2 atom stereocenters. The molecule has 1 aromatic heterocycles. The number of carbonyl (C=O) groups excluding carboxylic acids is 2. The second-order valence-electron chi connectivity index (χ2n) is 7.97. The lowest BCUT2D eigenvalue weighted by Crippen LogP contribution is -2.48. The van der Waals surface area contributed by atoms with Gasteiger partial charge in [-0.25, -0.2) is 9.37 Å². The van der Waals surface area contributed by atoms with Gasteiger partial charge in [0.05, 0.1) is 24.7 Å². The lowest BCUT2D eigenvalue weighted by molar-refractivity contribution is -0.0586. The Morgan fingerprint density at radius 2 is 1.72 bits per heavy atom. The van der Waals surface area contributed by atoms with Crippen LogP contribution in [0.25, 0.3) is 5.69 Å². The van der Waals surface area contributed by atoms with Gasteiger partial charge in [0.2, 0.25) is 0 Å². The number of hydrogen-bond acceptors (Lipinski definition) is 4. The minimum Gasteiger partial charge on any atom is -0.372 e. The van der Waals surface area contributed by atoms with Gasteiger partial charge in [-0.05, 0) is 55.8 Å². The molecule has 166 valence electrons. The topological polar surface area (TPSA) is 76.5 Å². The van der Waals surface area contributed by atoms with Gasteiger partial charge in [0.15, 0.2) is 0 Å². The molecule has 32 heavy (non-hydrogen) atoms. The van der Waals surface area contributed by atoms with Crippen molar-refractivity contribution in [3.63, 3.8) is 0 Å². The van der Waals surface area contributed by atoms with E-state index < -0.39 is 0 Å². The van der Waals surface area contributed by atoms with E-state index in [1.807, 2.05) is 30.9 Å². The van der Waals surface area contributed by atoms with Crippen LogP contribution in [0.15, 0.2) is 61.1 Å². The van der Waals surface area contributed by atoms with Crippen molar-refractivity contribution in [1.29, 1.82) is 0 Å². The molecule has 0 radical (unpaired) electrons. The fourth-order valence-electron chi connectivity index (χ4n) is 3.83. The Hall–Kier alpha value is -3.52. The van der Waals surface area contributed by atoms with Gasteiger partial charge in [-0.1, -0.05) is 12.1 Å². The lowest BCUT2D eigenvalue weighted by atomic mass is 10.1. The Kier molecular flexibility index (Phi) is 6.32. The first-order valence-corrected chi connectivity index (χ1v) is 10.5. The van der Waals surface area contributed by atoms with Crippen molar-refractivity contribution in [2.24, 2.45) is 0 Å². The lowest BCUT2D eigenvalue weighted by Gasteiger charge is -2.35. The number of imidazole rings is 1. The van der Waals surface area contributed by atoms with Gasteiger partial charge in [-0.15, -0.1) is 0 Å². The highest BCUT2D eigenvalue weighted by molar-refractivity contribution is 5.94. The van der Waals surface area contributed by atoms with Gasteiger partial charge in [0, 0.05) is 30.9 Å². The van der Waals surface area contributed by atoms with E-state index in [1.54, 1.807) is 28.8 Å². The Balaban J connectivity index is 1.38. The SMILES string of the molecule is CC1CN(C(=O)c2ccc(CNC(=O)c3cncn3-c3ccc(F)cc3)cc2)CC(C)O1. The van der Waals surface area contributed by atoms with Crippen LogP contribution in [0.1, 0.15) is 40.3 Å². The van der Waals surface area contributed by atoms with E-state index in [1.165, 1.54) is 24.7 Å². The number of amides is 2. The number of nitrogens with zero attached hydrogens (tertiary/aromatic N) is 3. The molecule has 0 aliphatic carbocycles. The fourth-order valence-corrected chi connectivity index (χ4v) is 3.83. The quantitative estimate of drug-likeness (QED) is 0.667. The van der Waals surface area contributed by atoms with Crippen LogP contribution in [0.5, 0.6) is 0 Å². The zero-order valence-corrected chi connectivity index (χ0v) is 18.0. The van der Waals surface area contributed by atoms with Crippen molar-refractivity contribution in [3.8, 4) is 5.69 Å². The van der Waals surface area contributed by atoms with Gasteiger partial charge in [0.1, 0.15) is 11.5 Å². The molecule has 7 nitrogen and oxygen atoms in total. The van der Waals surface area contributed by atoms with E-state index in [4.69, 9.17) is 4.74 Å². The highest BCUT2D eigenvalue weighted by Crippen LogP contribution is 2.16. The minimum atomic E-state index is -0.348. The van der Waals surface area contributed by atoms with E-state index in [9.17, 15) is 14.0 Å². The van der Waals surface area contributed by atoms with Crippen LogP contribution < -0.4 is 5.32 Å². The summed E-state index contributed by atoms with van der Waals surface area (Å²) in [6.45, 7) is 5.37. The minimum absolute atomic E-state index is 0.0144. The number of ether oxygens (including phenoxy) is 1. The first-order valence-electron chi connectivity index (χ1n) is 10.5. The number of benzene rings is 2. The van der Waals surface area contributed by atoms with Crippen LogP contribution in [-0.2, 0) is 11.3 Å². The number of rotatable bonds is 5. The van der Waals surface area contributed by atoms with E-state index in [-0.39, 0.29) is 29.8 Å². The summed E-state index contributed by atoms with van der Waals surface area (Å²) in [6, 6.07) is 13.0. The molecule has 1 saturated heterocycles. The fraction of sp³-hybridized carbons (Fsp3) is 0.292. The molecule has 2 heterocycles. The van der Waals surface area contributed by atoms with E-state index in [0.717, 1.165) is 5.56 Å². The molecule has 1 N–H and O–H groups in total. The standard InChI is InChI=1S/C24H25FN4O3/c1-16-13-28(14-17(2)32-16)24(31)19-5-3-18(4-6-19)11-27-23(30)22-12-26-15-29(22)21-9-7-20(25)8-10-21/h3-10,12,15-17H,11,13-14H2,1-2H3,(H,27,30). The maximum atomic E-state index is 13.2. The molecule has 4 rings (SSSR count). The summed E-state index contributed by atoms with van der Waals surface area (Å²) in [4.78, 5) is 31.3. The molecule has 2 aromatic carbocycles. The van der Waals surface area contributed by atoms with Gasteiger partial charge < -0.3 is 15.0 Å². The third-order valence-electron chi connectivity index (χ3n) is 5.34. The number of nitrogens with one attached hydrogen (secondary N) is 1. The van der Waals surface area contributed by atoms with Gasteiger partial charge in [-0.2, -0.15) is 0 Å². The largest absolute Gasteiger partial charge is 0.372 e. The molecule has 3 aromatic rings. The van der Waals surface area contributed by atoms with Crippen molar-refractivity contribution in [1.82, 2.24) is 19.8 Å².